The second-order valence-corrected chi connectivity index (χ2v) is 3.90. The molecule has 56 valence electrons. The van der Waals surface area contributed by atoms with Crippen molar-refractivity contribution in [1.82, 2.24) is 4.98 Å². The average molecular weight is 221 g/mol. The van der Waals surface area contributed by atoms with E-state index in [1.54, 1.807) is 11.3 Å². The summed E-state index contributed by atoms with van der Waals surface area (Å²) in [5, 5.41) is 1.72. The van der Waals surface area contributed by atoms with Gasteiger partial charge in [0.05, 0.1) is 0 Å². The number of nitrogen functional groups attached to an aromatic ring is 1. The maximum Gasteiger partial charge on any atom is 0.180 e. The Labute approximate surface area is 72.6 Å². The SMILES string of the molecule is Nc1ncc(CCCBr)s1. The largest absolute Gasteiger partial charge is 0.375 e. The highest BCUT2D eigenvalue weighted by Crippen LogP contribution is 2.15. The standard InChI is InChI=1S/C6H9BrN2S/c7-3-1-2-5-4-9-6(8)10-5/h4H,1-3H2,(H2,8,9). The first-order chi connectivity index (χ1) is 4.83. The van der Waals surface area contributed by atoms with Gasteiger partial charge in [-0.25, -0.2) is 4.98 Å². The number of halogens is 1. The van der Waals surface area contributed by atoms with Crippen LogP contribution < -0.4 is 5.73 Å². The Kier molecular flexibility index (Phi) is 3.15. The van der Waals surface area contributed by atoms with Crippen molar-refractivity contribution in [2.75, 3.05) is 11.1 Å². The van der Waals surface area contributed by atoms with Gasteiger partial charge < -0.3 is 5.73 Å². The highest BCUT2D eigenvalue weighted by molar-refractivity contribution is 9.09. The number of anilines is 1. The van der Waals surface area contributed by atoms with Crippen molar-refractivity contribution in [3.8, 4) is 0 Å². The maximum atomic E-state index is 5.45. The molecule has 1 aromatic heterocycles. The lowest BCUT2D eigenvalue weighted by Crippen LogP contribution is -1.79. The molecule has 0 aromatic carbocycles. The lowest BCUT2D eigenvalue weighted by Gasteiger charge is -1.88. The topological polar surface area (TPSA) is 38.9 Å². The molecular formula is C6H9BrN2S. The minimum atomic E-state index is 0.671. The summed E-state index contributed by atoms with van der Waals surface area (Å²) >= 11 is 4.94. The molecule has 0 unspecified atom stereocenters. The summed E-state index contributed by atoms with van der Waals surface area (Å²) in [6.07, 6.45) is 4.09. The van der Waals surface area contributed by atoms with Gasteiger partial charge in [0, 0.05) is 16.4 Å². The number of rotatable bonds is 3. The van der Waals surface area contributed by atoms with Crippen molar-refractivity contribution in [3.63, 3.8) is 0 Å². The van der Waals surface area contributed by atoms with Crippen LogP contribution in [-0.4, -0.2) is 10.3 Å². The number of aromatic nitrogens is 1. The third-order valence-electron chi connectivity index (χ3n) is 1.13. The fourth-order valence-electron chi connectivity index (χ4n) is 0.679. The molecule has 0 radical (unpaired) electrons. The quantitative estimate of drug-likeness (QED) is 0.793. The predicted octanol–water partition coefficient (Wildman–Crippen LogP) is 2.05. The molecule has 0 spiro atoms. The van der Waals surface area contributed by atoms with Crippen LogP contribution in [0.5, 0.6) is 0 Å². The molecule has 0 aliphatic rings. The molecule has 0 amide bonds. The van der Waals surface area contributed by atoms with E-state index in [2.05, 4.69) is 20.9 Å². The van der Waals surface area contributed by atoms with Gasteiger partial charge in [-0.15, -0.1) is 11.3 Å². The number of alkyl halides is 1. The smallest absolute Gasteiger partial charge is 0.180 e. The van der Waals surface area contributed by atoms with Gasteiger partial charge >= 0.3 is 0 Å². The van der Waals surface area contributed by atoms with E-state index in [1.807, 2.05) is 6.20 Å². The van der Waals surface area contributed by atoms with Crippen molar-refractivity contribution in [1.29, 1.82) is 0 Å². The Balaban J connectivity index is 2.42. The molecule has 0 fully saturated rings. The molecule has 0 saturated heterocycles. The summed E-state index contributed by atoms with van der Waals surface area (Å²) in [6.45, 7) is 0. The summed E-state index contributed by atoms with van der Waals surface area (Å²) in [5.74, 6) is 0. The molecule has 1 rings (SSSR count). The van der Waals surface area contributed by atoms with Gasteiger partial charge in [-0.1, -0.05) is 15.9 Å². The number of hydrogen-bond acceptors (Lipinski definition) is 3. The van der Waals surface area contributed by atoms with Gasteiger partial charge in [0.2, 0.25) is 0 Å². The van der Waals surface area contributed by atoms with E-state index in [9.17, 15) is 0 Å². The monoisotopic (exact) mass is 220 g/mol. The average Bonchev–Trinajstić information content (AvgIpc) is 2.31. The third-order valence-corrected chi connectivity index (χ3v) is 2.58. The normalized spacial score (nSPS) is 10.1. The van der Waals surface area contributed by atoms with E-state index in [0.29, 0.717) is 5.13 Å². The zero-order valence-corrected chi connectivity index (χ0v) is 7.91. The van der Waals surface area contributed by atoms with Gasteiger partial charge in [-0.05, 0) is 12.8 Å². The van der Waals surface area contributed by atoms with Gasteiger partial charge in [0.15, 0.2) is 5.13 Å². The van der Waals surface area contributed by atoms with Crippen LogP contribution in [0.25, 0.3) is 0 Å². The minimum Gasteiger partial charge on any atom is -0.375 e. The van der Waals surface area contributed by atoms with Crippen molar-refractivity contribution in [2.24, 2.45) is 0 Å². The van der Waals surface area contributed by atoms with Crippen molar-refractivity contribution < 1.29 is 0 Å². The molecular weight excluding hydrogens is 212 g/mol. The van der Waals surface area contributed by atoms with Crippen LogP contribution in [0.15, 0.2) is 6.20 Å². The van der Waals surface area contributed by atoms with E-state index in [-0.39, 0.29) is 0 Å². The zero-order valence-electron chi connectivity index (χ0n) is 5.51. The molecule has 0 aliphatic heterocycles. The fourth-order valence-corrected chi connectivity index (χ4v) is 1.69. The van der Waals surface area contributed by atoms with Crippen LogP contribution >= 0.6 is 27.3 Å². The Morgan fingerprint density at radius 2 is 2.50 bits per heavy atom. The first-order valence-corrected chi connectivity index (χ1v) is 5.03. The van der Waals surface area contributed by atoms with E-state index >= 15 is 0 Å². The van der Waals surface area contributed by atoms with Crippen molar-refractivity contribution in [2.45, 2.75) is 12.8 Å². The van der Waals surface area contributed by atoms with E-state index < -0.39 is 0 Å². The second kappa shape index (κ2) is 3.93. The number of hydrogen-bond donors (Lipinski definition) is 1. The fraction of sp³-hybridized carbons (Fsp3) is 0.500. The molecule has 1 aromatic rings. The summed E-state index contributed by atoms with van der Waals surface area (Å²) in [4.78, 5) is 5.23. The van der Waals surface area contributed by atoms with Crippen LogP contribution in [0.1, 0.15) is 11.3 Å². The van der Waals surface area contributed by atoms with Crippen LogP contribution in [0, 0.1) is 0 Å². The number of aryl methyl sites for hydroxylation is 1. The van der Waals surface area contributed by atoms with Crippen molar-refractivity contribution in [3.05, 3.63) is 11.1 Å². The van der Waals surface area contributed by atoms with Crippen LogP contribution in [-0.2, 0) is 6.42 Å². The first kappa shape index (κ1) is 8.01. The number of thiazole rings is 1. The van der Waals surface area contributed by atoms with Crippen LogP contribution in [0.4, 0.5) is 5.13 Å². The summed E-state index contributed by atoms with van der Waals surface area (Å²) < 4.78 is 0. The maximum absolute atomic E-state index is 5.45. The molecule has 0 bridgehead atoms. The van der Waals surface area contributed by atoms with E-state index in [1.165, 1.54) is 4.88 Å². The number of nitrogens with two attached hydrogens (primary N) is 1. The lowest BCUT2D eigenvalue weighted by molar-refractivity contribution is 0.955. The minimum absolute atomic E-state index is 0.671. The van der Waals surface area contributed by atoms with E-state index in [4.69, 9.17) is 5.73 Å². The molecule has 4 heteroatoms. The van der Waals surface area contributed by atoms with Gasteiger partial charge in [0.1, 0.15) is 0 Å². The molecule has 10 heavy (non-hydrogen) atoms. The molecule has 0 saturated carbocycles. The lowest BCUT2D eigenvalue weighted by atomic mass is 10.3. The highest BCUT2D eigenvalue weighted by Gasteiger charge is 1.96. The zero-order chi connectivity index (χ0) is 7.40. The van der Waals surface area contributed by atoms with Crippen LogP contribution in [0.3, 0.4) is 0 Å². The Hall–Kier alpha value is -0.0900. The van der Waals surface area contributed by atoms with Crippen molar-refractivity contribution >= 4 is 32.4 Å². The Morgan fingerprint density at radius 1 is 1.70 bits per heavy atom. The van der Waals surface area contributed by atoms with Gasteiger partial charge in [-0.2, -0.15) is 0 Å². The molecule has 0 atom stereocenters. The third kappa shape index (κ3) is 2.27. The molecule has 0 aliphatic carbocycles. The Morgan fingerprint density at radius 3 is 3.00 bits per heavy atom. The van der Waals surface area contributed by atoms with Gasteiger partial charge in [0.25, 0.3) is 0 Å². The van der Waals surface area contributed by atoms with Crippen LogP contribution in [0.2, 0.25) is 0 Å². The summed E-state index contributed by atoms with van der Waals surface area (Å²) in [5.41, 5.74) is 5.45. The Bertz CT molecular complexity index is 199. The molecule has 2 nitrogen and oxygen atoms in total. The highest BCUT2D eigenvalue weighted by atomic mass is 79.9. The predicted molar refractivity (Wildman–Crippen MR) is 48.6 cm³/mol. The molecule has 2 N–H and O–H groups in total. The first-order valence-electron chi connectivity index (χ1n) is 3.09. The summed E-state index contributed by atoms with van der Waals surface area (Å²) in [6, 6.07) is 0. The summed E-state index contributed by atoms with van der Waals surface area (Å²) in [7, 11) is 0. The second-order valence-electron chi connectivity index (χ2n) is 1.96. The van der Waals surface area contributed by atoms with Gasteiger partial charge in [-0.3, -0.25) is 0 Å². The number of nitrogens with zero attached hydrogens (tertiary/aromatic N) is 1. The molecule has 1 heterocycles. The van der Waals surface area contributed by atoms with E-state index in [0.717, 1.165) is 18.2 Å².